The van der Waals surface area contributed by atoms with Crippen molar-refractivity contribution >= 4 is 23.1 Å². The Hall–Kier alpha value is -2.45. The van der Waals surface area contributed by atoms with Crippen LogP contribution >= 0.6 is 0 Å². The first kappa shape index (κ1) is 21.3. The number of pyridine rings is 1. The van der Waals surface area contributed by atoms with Crippen LogP contribution in [0.3, 0.4) is 0 Å². The number of hydrogen-bond acceptors (Lipinski definition) is 7. The van der Waals surface area contributed by atoms with Gasteiger partial charge in [-0.25, -0.2) is 19.1 Å². The molecule has 2 aromatic heterocycles. The van der Waals surface area contributed by atoms with E-state index < -0.39 is 17.7 Å². The fraction of sp³-hybridized carbons (Fsp3) is 0.571. The van der Waals surface area contributed by atoms with E-state index in [1.165, 1.54) is 17.9 Å². The largest absolute Gasteiger partial charge is 0.465 e. The SMILES string of the molecule is COC(=O)c1ccnc2c1c(CNC(CCO)C1CC1)cn2C(=O)OC(C)(C)C. The maximum Gasteiger partial charge on any atom is 0.420 e. The fourth-order valence-electron chi connectivity index (χ4n) is 3.48. The summed E-state index contributed by atoms with van der Waals surface area (Å²) in [6.45, 7) is 5.93. The molecule has 0 bridgehead atoms. The molecule has 0 aromatic carbocycles. The van der Waals surface area contributed by atoms with E-state index in [0.717, 1.165) is 18.4 Å². The molecule has 0 radical (unpaired) electrons. The Morgan fingerprint density at radius 3 is 2.69 bits per heavy atom. The Labute approximate surface area is 170 Å². The topological polar surface area (TPSA) is 103 Å². The molecule has 0 aliphatic heterocycles. The third-order valence-electron chi connectivity index (χ3n) is 4.95. The van der Waals surface area contributed by atoms with Crippen LogP contribution in [0.2, 0.25) is 0 Å². The number of hydrogen-bond donors (Lipinski definition) is 2. The van der Waals surface area contributed by atoms with Crippen LogP contribution < -0.4 is 5.32 Å². The summed E-state index contributed by atoms with van der Waals surface area (Å²) in [4.78, 5) is 29.4. The Morgan fingerprint density at radius 1 is 1.38 bits per heavy atom. The minimum atomic E-state index is -0.662. The molecule has 1 aliphatic rings. The monoisotopic (exact) mass is 403 g/mol. The number of aliphatic hydroxyl groups is 1. The molecular weight excluding hydrogens is 374 g/mol. The molecular formula is C21H29N3O5. The quantitative estimate of drug-likeness (QED) is 0.685. The van der Waals surface area contributed by atoms with Gasteiger partial charge in [-0.2, -0.15) is 0 Å². The first-order valence-electron chi connectivity index (χ1n) is 9.90. The van der Waals surface area contributed by atoms with Crippen molar-refractivity contribution in [1.82, 2.24) is 14.9 Å². The smallest absolute Gasteiger partial charge is 0.420 e. The van der Waals surface area contributed by atoms with Crippen LogP contribution in [0.25, 0.3) is 11.0 Å². The third kappa shape index (κ3) is 4.94. The van der Waals surface area contributed by atoms with Gasteiger partial charge in [0.2, 0.25) is 0 Å². The van der Waals surface area contributed by atoms with Gasteiger partial charge in [0.05, 0.1) is 12.7 Å². The Balaban J connectivity index is 2.00. The lowest BCUT2D eigenvalue weighted by Crippen LogP contribution is -2.31. The predicted octanol–water partition coefficient (Wildman–Crippen LogP) is 2.86. The van der Waals surface area contributed by atoms with Crippen molar-refractivity contribution in [2.75, 3.05) is 13.7 Å². The molecule has 3 rings (SSSR count). The lowest BCUT2D eigenvalue weighted by atomic mass is 10.1. The Kier molecular flexibility index (Phi) is 6.24. The molecule has 0 amide bonds. The van der Waals surface area contributed by atoms with Gasteiger partial charge in [0.15, 0.2) is 5.65 Å². The van der Waals surface area contributed by atoms with Crippen LogP contribution in [0.5, 0.6) is 0 Å². The van der Waals surface area contributed by atoms with Gasteiger partial charge in [-0.1, -0.05) is 0 Å². The molecule has 0 saturated heterocycles. The number of fused-ring (bicyclic) bond motifs is 1. The maximum atomic E-state index is 12.7. The number of methoxy groups -OCH3 is 1. The molecule has 8 heteroatoms. The molecule has 29 heavy (non-hydrogen) atoms. The van der Waals surface area contributed by atoms with Gasteiger partial charge in [-0.15, -0.1) is 0 Å². The standard InChI is InChI=1S/C21H29N3O5/c1-21(2,3)29-20(27)24-12-14(11-23-16(8-10-25)13-5-6-13)17-15(19(26)28-4)7-9-22-18(17)24/h7,9,12-13,16,23,25H,5-6,8,10-11H2,1-4H3. The number of carbonyl (C=O) groups excluding carboxylic acids is 2. The van der Waals surface area contributed by atoms with Crippen molar-refractivity contribution in [2.45, 2.75) is 58.2 Å². The molecule has 2 N–H and O–H groups in total. The van der Waals surface area contributed by atoms with Crippen molar-refractivity contribution in [1.29, 1.82) is 0 Å². The van der Waals surface area contributed by atoms with Gasteiger partial charge < -0.3 is 19.9 Å². The number of esters is 1. The number of carbonyl (C=O) groups is 2. The molecule has 1 saturated carbocycles. The summed E-state index contributed by atoms with van der Waals surface area (Å²) in [6.07, 6.45) is 5.53. The predicted molar refractivity (Wildman–Crippen MR) is 108 cm³/mol. The van der Waals surface area contributed by atoms with Crippen LogP contribution in [-0.4, -0.2) is 52.1 Å². The van der Waals surface area contributed by atoms with E-state index in [2.05, 4.69) is 10.3 Å². The van der Waals surface area contributed by atoms with Crippen LogP contribution in [0.4, 0.5) is 4.79 Å². The zero-order valence-electron chi connectivity index (χ0n) is 17.4. The van der Waals surface area contributed by atoms with E-state index >= 15 is 0 Å². The zero-order valence-corrected chi connectivity index (χ0v) is 17.4. The van der Waals surface area contributed by atoms with E-state index in [9.17, 15) is 14.7 Å². The summed E-state index contributed by atoms with van der Waals surface area (Å²) in [6, 6.07) is 1.78. The van der Waals surface area contributed by atoms with Crippen LogP contribution in [-0.2, 0) is 16.0 Å². The summed E-state index contributed by atoms with van der Waals surface area (Å²) in [7, 11) is 1.32. The number of nitrogens with zero attached hydrogens (tertiary/aromatic N) is 2. The molecule has 1 fully saturated rings. The van der Waals surface area contributed by atoms with Gasteiger partial charge >= 0.3 is 12.1 Å². The lowest BCUT2D eigenvalue weighted by molar-refractivity contribution is 0.0541. The summed E-state index contributed by atoms with van der Waals surface area (Å²) in [5.41, 5.74) is 0.790. The summed E-state index contributed by atoms with van der Waals surface area (Å²) in [5.74, 6) is 0.0641. The summed E-state index contributed by atoms with van der Waals surface area (Å²) in [5, 5.41) is 13.4. The molecule has 2 aromatic rings. The van der Waals surface area contributed by atoms with Crippen molar-refractivity contribution < 1.29 is 24.2 Å². The second kappa shape index (κ2) is 8.51. The van der Waals surface area contributed by atoms with Crippen molar-refractivity contribution in [2.24, 2.45) is 5.92 Å². The highest BCUT2D eigenvalue weighted by molar-refractivity contribution is 6.05. The van der Waals surface area contributed by atoms with Gasteiger partial charge in [-0.3, -0.25) is 0 Å². The molecule has 0 spiro atoms. The second-order valence-corrected chi connectivity index (χ2v) is 8.39. The maximum absolute atomic E-state index is 12.7. The molecule has 8 nitrogen and oxygen atoms in total. The van der Waals surface area contributed by atoms with Gasteiger partial charge in [-0.05, 0) is 57.6 Å². The minimum absolute atomic E-state index is 0.114. The van der Waals surface area contributed by atoms with E-state index in [1.54, 1.807) is 33.0 Å². The van der Waals surface area contributed by atoms with E-state index in [4.69, 9.17) is 9.47 Å². The van der Waals surface area contributed by atoms with E-state index in [-0.39, 0.29) is 12.6 Å². The highest BCUT2D eigenvalue weighted by Crippen LogP contribution is 2.34. The van der Waals surface area contributed by atoms with Crippen LogP contribution in [0.1, 0.15) is 56.0 Å². The first-order chi connectivity index (χ1) is 13.7. The van der Waals surface area contributed by atoms with Crippen molar-refractivity contribution in [3.05, 3.63) is 29.6 Å². The van der Waals surface area contributed by atoms with Crippen molar-refractivity contribution in [3.8, 4) is 0 Å². The first-order valence-corrected chi connectivity index (χ1v) is 9.90. The Morgan fingerprint density at radius 2 is 2.10 bits per heavy atom. The van der Waals surface area contributed by atoms with Crippen molar-refractivity contribution in [3.63, 3.8) is 0 Å². The van der Waals surface area contributed by atoms with E-state index in [1.807, 2.05) is 0 Å². The van der Waals surface area contributed by atoms with Crippen LogP contribution in [0, 0.1) is 5.92 Å². The van der Waals surface area contributed by atoms with E-state index in [0.29, 0.717) is 35.5 Å². The normalized spacial score (nSPS) is 15.3. The van der Waals surface area contributed by atoms with Gasteiger partial charge in [0.25, 0.3) is 0 Å². The zero-order chi connectivity index (χ0) is 21.2. The highest BCUT2D eigenvalue weighted by atomic mass is 16.6. The fourth-order valence-corrected chi connectivity index (χ4v) is 3.48. The number of aliphatic hydroxyl groups excluding tert-OH is 1. The molecule has 1 atom stereocenters. The minimum Gasteiger partial charge on any atom is -0.465 e. The number of aromatic nitrogens is 2. The number of rotatable bonds is 7. The number of ether oxygens (including phenoxy) is 2. The van der Waals surface area contributed by atoms with Gasteiger partial charge in [0, 0.05) is 37.0 Å². The Bertz CT molecular complexity index is 896. The van der Waals surface area contributed by atoms with Gasteiger partial charge in [0.1, 0.15) is 5.60 Å². The average molecular weight is 403 g/mol. The summed E-state index contributed by atoms with van der Waals surface area (Å²) < 4.78 is 11.8. The highest BCUT2D eigenvalue weighted by Gasteiger charge is 2.31. The molecule has 1 unspecified atom stereocenters. The molecule has 1 aliphatic carbocycles. The molecule has 158 valence electrons. The lowest BCUT2D eigenvalue weighted by Gasteiger charge is -2.19. The second-order valence-electron chi connectivity index (χ2n) is 8.39. The third-order valence-corrected chi connectivity index (χ3v) is 4.95. The average Bonchev–Trinajstić information content (AvgIpc) is 3.43. The molecule has 2 heterocycles. The number of nitrogens with one attached hydrogen (secondary N) is 1. The summed E-state index contributed by atoms with van der Waals surface area (Å²) >= 11 is 0. The van der Waals surface area contributed by atoms with Crippen LogP contribution in [0.15, 0.2) is 18.5 Å².